The van der Waals surface area contributed by atoms with Gasteiger partial charge in [0.2, 0.25) is 11.8 Å². The lowest BCUT2D eigenvalue weighted by Gasteiger charge is -2.11. The minimum atomic E-state index is -0.159. The average molecular weight is 490 g/mol. The molecule has 0 saturated carbocycles. The highest BCUT2D eigenvalue weighted by Gasteiger charge is 2.15. The van der Waals surface area contributed by atoms with Crippen LogP contribution in [0.25, 0.3) is 11.4 Å². The highest BCUT2D eigenvalue weighted by Crippen LogP contribution is 2.31. The summed E-state index contributed by atoms with van der Waals surface area (Å²) < 4.78 is 13.2. The van der Waals surface area contributed by atoms with Crippen molar-refractivity contribution in [3.05, 3.63) is 71.9 Å². The highest BCUT2D eigenvalue weighted by molar-refractivity contribution is 7.99. The van der Waals surface area contributed by atoms with Gasteiger partial charge in [-0.25, -0.2) is 4.98 Å². The van der Waals surface area contributed by atoms with E-state index in [0.717, 1.165) is 22.5 Å². The number of anilines is 1. The maximum atomic E-state index is 12.5. The number of aryl methyl sites for hydroxylation is 2. The summed E-state index contributed by atoms with van der Waals surface area (Å²) in [5.74, 6) is 2.44. The van der Waals surface area contributed by atoms with Gasteiger partial charge in [0.25, 0.3) is 0 Å². The first-order valence-electron chi connectivity index (χ1n) is 11.2. The SMILES string of the molecule is CCn1c(SCC(=O)Nc2ccc(Oc3ccc(C)cc3OC)nc2)nnc1-c1cccc(C)c1. The Morgan fingerprint density at radius 2 is 1.86 bits per heavy atom. The van der Waals surface area contributed by atoms with Crippen LogP contribution in [0, 0.1) is 13.8 Å². The second-order valence-electron chi connectivity index (χ2n) is 7.90. The molecule has 0 unspecified atom stereocenters. The number of pyridine rings is 1. The van der Waals surface area contributed by atoms with E-state index in [4.69, 9.17) is 9.47 Å². The summed E-state index contributed by atoms with van der Waals surface area (Å²) in [6.45, 7) is 6.77. The van der Waals surface area contributed by atoms with Crippen LogP contribution in [0.1, 0.15) is 18.1 Å². The average Bonchev–Trinajstić information content (AvgIpc) is 3.28. The van der Waals surface area contributed by atoms with E-state index < -0.39 is 0 Å². The molecule has 9 heteroatoms. The van der Waals surface area contributed by atoms with Crippen LogP contribution in [0.3, 0.4) is 0 Å². The Kier molecular flexibility index (Phi) is 7.67. The van der Waals surface area contributed by atoms with Crippen LogP contribution in [0.15, 0.2) is 66.0 Å². The Hall–Kier alpha value is -3.85. The molecule has 0 aliphatic rings. The lowest BCUT2D eigenvalue weighted by atomic mass is 10.1. The van der Waals surface area contributed by atoms with Crippen molar-refractivity contribution in [1.82, 2.24) is 19.7 Å². The number of nitrogens with zero attached hydrogens (tertiary/aromatic N) is 4. The van der Waals surface area contributed by atoms with Gasteiger partial charge in [0, 0.05) is 18.2 Å². The van der Waals surface area contributed by atoms with E-state index >= 15 is 0 Å². The minimum absolute atomic E-state index is 0.159. The number of hydrogen-bond acceptors (Lipinski definition) is 7. The van der Waals surface area contributed by atoms with Crippen molar-refractivity contribution in [2.75, 3.05) is 18.2 Å². The van der Waals surface area contributed by atoms with Gasteiger partial charge in [-0.1, -0.05) is 41.6 Å². The molecular weight excluding hydrogens is 462 g/mol. The fourth-order valence-electron chi connectivity index (χ4n) is 3.49. The smallest absolute Gasteiger partial charge is 0.234 e. The van der Waals surface area contributed by atoms with Crippen LogP contribution in [0.4, 0.5) is 5.69 Å². The van der Waals surface area contributed by atoms with Crippen LogP contribution in [-0.4, -0.2) is 38.5 Å². The number of hydrogen-bond donors (Lipinski definition) is 1. The topological polar surface area (TPSA) is 91.2 Å². The summed E-state index contributed by atoms with van der Waals surface area (Å²) >= 11 is 1.35. The van der Waals surface area contributed by atoms with Crippen molar-refractivity contribution in [2.24, 2.45) is 0 Å². The highest BCUT2D eigenvalue weighted by atomic mass is 32.2. The number of methoxy groups -OCH3 is 1. The Bertz CT molecular complexity index is 1320. The van der Waals surface area contributed by atoms with Gasteiger partial charge in [-0.05, 0) is 50.6 Å². The third kappa shape index (κ3) is 5.99. The molecule has 0 saturated heterocycles. The van der Waals surface area contributed by atoms with Crippen molar-refractivity contribution in [3.8, 4) is 28.8 Å². The largest absolute Gasteiger partial charge is 0.493 e. The van der Waals surface area contributed by atoms with Crippen molar-refractivity contribution < 1.29 is 14.3 Å². The molecule has 8 nitrogen and oxygen atoms in total. The molecule has 0 fully saturated rings. The summed E-state index contributed by atoms with van der Waals surface area (Å²) in [7, 11) is 1.60. The zero-order valence-corrected chi connectivity index (χ0v) is 20.9. The van der Waals surface area contributed by atoms with Crippen molar-refractivity contribution in [3.63, 3.8) is 0 Å². The molecule has 1 N–H and O–H groups in total. The summed E-state index contributed by atoms with van der Waals surface area (Å²) in [5, 5.41) is 12.2. The van der Waals surface area contributed by atoms with Gasteiger partial charge in [0.05, 0.1) is 24.7 Å². The van der Waals surface area contributed by atoms with E-state index in [1.54, 1.807) is 25.4 Å². The second kappa shape index (κ2) is 11.1. The lowest BCUT2D eigenvalue weighted by Crippen LogP contribution is -2.14. The number of nitrogens with one attached hydrogen (secondary N) is 1. The molecule has 0 aliphatic carbocycles. The van der Waals surface area contributed by atoms with Crippen LogP contribution in [0.5, 0.6) is 17.4 Å². The van der Waals surface area contributed by atoms with E-state index in [9.17, 15) is 4.79 Å². The predicted octanol–water partition coefficient (Wildman–Crippen LogP) is 5.51. The monoisotopic (exact) mass is 489 g/mol. The zero-order chi connectivity index (χ0) is 24.8. The molecule has 2 aromatic carbocycles. The summed E-state index contributed by atoms with van der Waals surface area (Å²) in [6, 6.07) is 17.2. The van der Waals surface area contributed by atoms with E-state index in [0.29, 0.717) is 34.8 Å². The van der Waals surface area contributed by atoms with E-state index in [2.05, 4.69) is 26.6 Å². The van der Waals surface area contributed by atoms with E-state index in [1.165, 1.54) is 11.8 Å². The predicted molar refractivity (Wildman–Crippen MR) is 137 cm³/mol. The Balaban J connectivity index is 1.36. The number of benzene rings is 2. The first-order chi connectivity index (χ1) is 17.0. The Morgan fingerprint density at radius 3 is 2.57 bits per heavy atom. The first kappa shape index (κ1) is 24.3. The number of carbonyl (C=O) groups is 1. The maximum absolute atomic E-state index is 12.5. The van der Waals surface area contributed by atoms with Gasteiger partial charge in [-0.3, -0.25) is 4.79 Å². The van der Waals surface area contributed by atoms with E-state index in [-0.39, 0.29) is 11.7 Å². The molecule has 2 heterocycles. The molecule has 2 aromatic heterocycles. The third-order valence-corrected chi connectivity index (χ3v) is 6.16. The van der Waals surface area contributed by atoms with Crippen LogP contribution in [0.2, 0.25) is 0 Å². The standard InChI is InChI=1S/C26H27N5O3S/c1-5-31-25(19-8-6-7-17(2)13-19)29-30-26(31)35-16-23(32)28-20-10-12-24(27-15-20)34-21-11-9-18(3)14-22(21)33-4/h6-15H,5,16H2,1-4H3,(H,28,32). The van der Waals surface area contributed by atoms with Crippen LogP contribution >= 0.6 is 11.8 Å². The van der Waals surface area contributed by atoms with Gasteiger partial charge in [0.15, 0.2) is 22.5 Å². The van der Waals surface area contributed by atoms with Crippen molar-refractivity contribution >= 4 is 23.4 Å². The molecule has 35 heavy (non-hydrogen) atoms. The van der Waals surface area contributed by atoms with Crippen molar-refractivity contribution in [2.45, 2.75) is 32.5 Å². The van der Waals surface area contributed by atoms with E-state index in [1.807, 2.05) is 61.7 Å². The fourth-order valence-corrected chi connectivity index (χ4v) is 4.29. The lowest BCUT2D eigenvalue weighted by molar-refractivity contribution is -0.113. The van der Waals surface area contributed by atoms with Gasteiger partial charge >= 0.3 is 0 Å². The second-order valence-corrected chi connectivity index (χ2v) is 8.84. The van der Waals surface area contributed by atoms with Crippen LogP contribution < -0.4 is 14.8 Å². The maximum Gasteiger partial charge on any atom is 0.234 e. The number of carbonyl (C=O) groups excluding carboxylic acids is 1. The van der Waals surface area contributed by atoms with Gasteiger partial charge in [0.1, 0.15) is 0 Å². The summed E-state index contributed by atoms with van der Waals surface area (Å²) in [4.78, 5) is 16.8. The molecule has 1 amide bonds. The molecule has 0 aliphatic heterocycles. The Morgan fingerprint density at radius 1 is 1.03 bits per heavy atom. The van der Waals surface area contributed by atoms with Crippen molar-refractivity contribution in [1.29, 1.82) is 0 Å². The number of rotatable bonds is 9. The minimum Gasteiger partial charge on any atom is -0.493 e. The molecule has 0 atom stereocenters. The third-order valence-electron chi connectivity index (χ3n) is 5.20. The molecule has 4 rings (SSSR count). The molecule has 0 bridgehead atoms. The van der Waals surface area contributed by atoms with Gasteiger partial charge in [-0.2, -0.15) is 0 Å². The molecule has 4 aromatic rings. The first-order valence-corrected chi connectivity index (χ1v) is 12.2. The quantitative estimate of drug-likeness (QED) is 0.310. The summed E-state index contributed by atoms with van der Waals surface area (Å²) in [5.41, 5.74) is 3.81. The summed E-state index contributed by atoms with van der Waals surface area (Å²) in [6.07, 6.45) is 1.56. The molecule has 0 spiro atoms. The molecule has 0 radical (unpaired) electrons. The Labute approximate surface area is 208 Å². The molecular formula is C26H27N5O3S. The van der Waals surface area contributed by atoms with Gasteiger partial charge < -0.3 is 19.4 Å². The zero-order valence-electron chi connectivity index (χ0n) is 20.1. The number of amides is 1. The number of thioether (sulfide) groups is 1. The number of ether oxygens (including phenoxy) is 2. The number of aromatic nitrogens is 4. The normalized spacial score (nSPS) is 10.7. The van der Waals surface area contributed by atoms with Gasteiger partial charge in [-0.15, -0.1) is 10.2 Å². The molecule has 180 valence electrons. The van der Waals surface area contributed by atoms with Crippen LogP contribution in [-0.2, 0) is 11.3 Å². The fraction of sp³-hybridized carbons (Fsp3) is 0.231.